The number of nitro benzene ring substituents is 1. The molecule has 0 aliphatic rings. The Kier molecular flexibility index (Phi) is 3.47. The smallest absolute Gasteiger partial charge is 0.258 e. The average molecular weight is 264 g/mol. The number of nitrogens with zero attached hydrogens (tertiary/aromatic N) is 2. The number of nitro groups is 1. The molecule has 1 aromatic heterocycles. The van der Waals surface area contributed by atoms with E-state index in [1.807, 2.05) is 18.4 Å². The van der Waals surface area contributed by atoms with E-state index in [1.54, 1.807) is 0 Å². The van der Waals surface area contributed by atoms with Crippen LogP contribution in [0.4, 0.5) is 15.8 Å². The van der Waals surface area contributed by atoms with Gasteiger partial charge < -0.3 is 0 Å². The number of aliphatic imine (C=N–C) groups is 1. The molecule has 1 heterocycles. The highest BCUT2D eigenvalue weighted by molar-refractivity contribution is 7.11. The van der Waals surface area contributed by atoms with E-state index in [0.717, 1.165) is 28.6 Å². The van der Waals surface area contributed by atoms with Crippen LogP contribution in [0.25, 0.3) is 0 Å². The molecule has 6 heteroatoms. The second-order valence-electron chi connectivity index (χ2n) is 3.62. The van der Waals surface area contributed by atoms with Gasteiger partial charge in [0.05, 0.1) is 4.92 Å². The van der Waals surface area contributed by atoms with Crippen molar-refractivity contribution >= 4 is 28.9 Å². The Morgan fingerprint density at radius 1 is 1.44 bits per heavy atom. The minimum Gasteiger partial charge on any atom is -0.258 e. The van der Waals surface area contributed by atoms with Crippen molar-refractivity contribution in [3.05, 3.63) is 56.0 Å². The number of thiophene rings is 1. The summed E-state index contributed by atoms with van der Waals surface area (Å²) in [6.07, 6.45) is 1.52. The Hall–Kier alpha value is -2.08. The molecule has 2 rings (SSSR count). The van der Waals surface area contributed by atoms with Crippen LogP contribution in [0.5, 0.6) is 0 Å². The molecule has 0 saturated heterocycles. The molecule has 0 fully saturated rings. The van der Waals surface area contributed by atoms with Gasteiger partial charge in [0.15, 0.2) is 0 Å². The average Bonchev–Trinajstić information content (AvgIpc) is 2.73. The predicted octanol–water partition coefficient (Wildman–Crippen LogP) is 3.85. The van der Waals surface area contributed by atoms with Gasteiger partial charge in [-0.25, -0.2) is 4.39 Å². The van der Waals surface area contributed by atoms with Crippen molar-refractivity contribution in [3.8, 4) is 0 Å². The standard InChI is InChI=1S/C12H9FN2O2S/c1-8-4-5-18-12(8)7-14-11-6-9(15(16)17)2-3-10(11)13/h2-7H,1H3. The number of halogens is 1. The van der Waals surface area contributed by atoms with Crippen molar-refractivity contribution in [3.63, 3.8) is 0 Å². The van der Waals surface area contributed by atoms with E-state index in [4.69, 9.17) is 0 Å². The van der Waals surface area contributed by atoms with E-state index in [1.165, 1.54) is 17.6 Å². The maximum Gasteiger partial charge on any atom is 0.271 e. The Labute approximate surface area is 107 Å². The summed E-state index contributed by atoms with van der Waals surface area (Å²) < 4.78 is 13.4. The van der Waals surface area contributed by atoms with Gasteiger partial charge in [0.1, 0.15) is 11.5 Å². The van der Waals surface area contributed by atoms with E-state index in [0.29, 0.717) is 0 Å². The lowest BCUT2D eigenvalue weighted by Crippen LogP contribution is -1.88. The second kappa shape index (κ2) is 5.05. The lowest BCUT2D eigenvalue weighted by molar-refractivity contribution is -0.384. The molecule has 92 valence electrons. The van der Waals surface area contributed by atoms with Crippen molar-refractivity contribution in [2.45, 2.75) is 6.92 Å². The van der Waals surface area contributed by atoms with Gasteiger partial charge >= 0.3 is 0 Å². The highest BCUT2D eigenvalue weighted by Crippen LogP contribution is 2.24. The van der Waals surface area contributed by atoms with Crippen LogP contribution < -0.4 is 0 Å². The molecule has 2 aromatic rings. The summed E-state index contributed by atoms with van der Waals surface area (Å²) >= 11 is 1.48. The minimum absolute atomic E-state index is 0.0306. The third kappa shape index (κ3) is 2.60. The van der Waals surface area contributed by atoms with Crippen molar-refractivity contribution in [1.82, 2.24) is 0 Å². The fourth-order valence-corrected chi connectivity index (χ4v) is 2.14. The van der Waals surface area contributed by atoms with Crippen LogP contribution in [-0.4, -0.2) is 11.1 Å². The summed E-state index contributed by atoms with van der Waals surface area (Å²) in [7, 11) is 0. The largest absolute Gasteiger partial charge is 0.271 e. The number of rotatable bonds is 3. The zero-order valence-electron chi connectivity index (χ0n) is 9.46. The lowest BCUT2D eigenvalue weighted by Gasteiger charge is -1.97. The molecular weight excluding hydrogens is 255 g/mol. The van der Waals surface area contributed by atoms with Crippen LogP contribution in [-0.2, 0) is 0 Å². The van der Waals surface area contributed by atoms with Crippen LogP contribution in [0.3, 0.4) is 0 Å². The Morgan fingerprint density at radius 3 is 2.83 bits per heavy atom. The predicted molar refractivity (Wildman–Crippen MR) is 69.4 cm³/mol. The summed E-state index contributed by atoms with van der Waals surface area (Å²) in [6.45, 7) is 1.92. The topological polar surface area (TPSA) is 55.5 Å². The molecule has 0 amide bonds. The molecule has 0 spiro atoms. The first kappa shape index (κ1) is 12.4. The van der Waals surface area contributed by atoms with Gasteiger partial charge in [0, 0.05) is 23.2 Å². The molecule has 0 aliphatic carbocycles. The number of hydrogen-bond acceptors (Lipinski definition) is 4. The zero-order valence-corrected chi connectivity index (χ0v) is 10.3. The van der Waals surface area contributed by atoms with Gasteiger partial charge in [0.2, 0.25) is 0 Å². The molecule has 0 atom stereocenters. The van der Waals surface area contributed by atoms with Gasteiger partial charge in [-0.2, -0.15) is 0 Å². The van der Waals surface area contributed by atoms with Gasteiger partial charge in [-0.3, -0.25) is 15.1 Å². The molecule has 1 aromatic carbocycles. The van der Waals surface area contributed by atoms with E-state index >= 15 is 0 Å². The van der Waals surface area contributed by atoms with E-state index < -0.39 is 10.7 Å². The van der Waals surface area contributed by atoms with E-state index in [9.17, 15) is 14.5 Å². The molecule has 18 heavy (non-hydrogen) atoms. The van der Waals surface area contributed by atoms with Gasteiger partial charge in [0.25, 0.3) is 5.69 Å². The van der Waals surface area contributed by atoms with E-state index in [-0.39, 0.29) is 11.4 Å². The quantitative estimate of drug-likeness (QED) is 0.480. The monoisotopic (exact) mass is 264 g/mol. The molecule has 0 unspecified atom stereocenters. The first-order valence-corrected chi connectivity index (χ1v) is 5.98. The number of benzene rings is 1. The van der Waals surface area contributed by atoms with Crippen molar-refractivity contribution in [2.24, 2.45) is 4.99 Å². The second-order valence-corrected chi connectivity index (χ2v) is 4.57. The number of hydrogen-bond donors (Lipinski definition) is 0. The maximum atomic E-state index is 13.4. The van der Waals surface area contributed by atoms with Crippen LogP contribution in [0.2, 0.25) is 0 Å². The Balaban J connectivity index is 2.34. The fourth-order valence-electron chi connectivity index (χ4n) is 1.36. The fraction of sp³-hybridized carbons (Fsp3) is 0.0833. The van der Waals surface area contributed by atoms with Crippen LogP contribution in [0.1, 0.15) is 10.4 Å². The highest BCUT2D eigenvalue weighted by atomic mass is 32.1. The van der Waals surface area contributed by atoms with Crippen molar-refractivity contribution < 1.29 is 9.31 Å². The summed E-state index contributed by atoms with van der Waals surface area (Å²) in [4.78, 5) is 14.9. The van der Waals surface area contributed by atoms with E-state index in [2.05, 4.69) is 4.99 Å². The van der Waals surface area contributed by atoms with Gasteiger partial charge in [-0.15, -0.1) is 11.3 Å². The van der Waals surface area contributed by atoms with Crippen molar-refractivity contribution in [2.75, 3.05) is 0 Å². The summed E-state index contributed by atoms with van der Waals surface area (Å²) in [6, 6.07) is 5.21. The SMILES string of the molecule is Cc1ccsc1C=Nc1cc([N+](=O)[O-])ccc1F. The highest BCUT2D eigenvalue weighted by Gasteiger charge is 2.09. The van der Waals surface area contributed by atoms with Crippen LogP contribution in [0, 0.1) is 22.9 Å². The van der Waals surface area contributed by atoms with Crippen LogP contribution in [0.15, 0.2) is 34.6 Å². The molecular formula is C12H9FN2O2S. The molecule has 0 saturated carbocycles. The van der Waals surface area contributed by atoms with Gasteiger partial charge in [-0.05, 0) is 30.0 Å². The zero-order chi connectivity index (χ0) is 13.1. The summed E-state index contributed by atoms with van der Waals surface area (Å²) in [5, 5.41) is 12.5. The first-order chi connectivity index (χ1) is 8.58. The van der Waals surface area contributed by atoms with Crippen molar-refractivity contribution in [1.29, 1.82) is 0 Å². The normalized spacial score (nSPS) is 11.0. The third-order valence-corrected chi connectivity index (χ3v) is 3.32. The molecule has 0 N–H and O–H groups in total. The molecule has 0 radical (unpaired) electrons. The number of aryl methyl sites for hydroxylation is 1. The number of non-ortho nitro benzene ring substituents is 1. The first-order valence-electron chi connectivity index (χ1n) is 5.10. The third-order valence-electron chi connectivity index (χ3n) is 2.36. The maximum absolute atomic E-state index is 13.4. The Bertz CT molecular complexity index is 622. The minimum atomic E-state index is -0.578. The lowest BCUT2D eigenvalue weighted by atomic mass is 10.2. The summed E-state index contributed by atoms with van der Waals surface area (Å²) in [5.74, 6) is -0.578. The Morgan fingerprint density at radius 2 is 2.22 bits per heavy atom. The molecule has 0 bridgehead atoms. The van der Waals surface area contributed by atoms with Gasteiger partial charge in [-0.1, -0.05) is 0 Å². The summed E-state index contributed by atoms with van der Waals surface area (Å²) in [5.41, 5.74) is 0.832. The van der Waals surface area contributed by atoms with Crippen LogP contribution >= 0.6 is 11.3 Å². The molecule has 0 aliphatic heterocycles. The molecule has 4 nitrogen and oxygen atoms in total.